The second kappa shape index (κ2) is 7.13. The van der Waals surface area contributed by atoms with Crippen molar-refractivity contribution in [2.45, 2.75) is 38.3 Å². The van der Waals surface area contributed by atoms with Gasteiger partial charge in [-0.3, -0.25) is 9.69 Å². The zero-order valence-corrected chi connectivity index (χ0v) is 13.3. The molecule has 5 heteroatoms. The zero-order chi connectivity index (χ0) is 16.2. The number of aliphatic carboxylic acids is 1. The van der Waals surface area contributed by atoms with Gasteiger partial charge in [-0.05, 0) is 50.3 Å². The van der Waals surface area contributed by atoms with Crippen LogP contribution in [0.3, 0.4) is 0 Å². The number of carbonyl (C=O) groups is 2. The summed E-state index contributed by atoms with van der Waals surface area (Å²) in [6.07, 6.45) is 3.42. The first-order chi connectivity index (χ1) is 11.1. The van der Waals surface area contributed by atoms with Crippen molar-refractivity contribution in [1.82, 2.24) is 10.2 Å². The summed E-state index contributed by atoms with van der Waals surface area (Å²) in [4.78, 5) is 25.9. The number of nitrogens with one attached hydrogen (secondary N) is 1. The predicted molar refractivity (Wildman–Crippen MR) is 86.7 cm³/mol. The third-order valence-corrected chi connectivity index (χ3v) is 4.86. The number of hydrogen-bond acceptors (Lipinski definition) is 3. The maximum Gasteiger partial charge on any atom is 0.326 e. The van der Waals surface area contributed by atoms with Gasteiger partial charge in [-0.25, -0.2) is 4.79 Å². The average Bonchev–Trinajstić information content (AvgIpc) is 3.38. The summed E-state index contributed by atoms with van der Waals surface area (Å²) in [5.74, 6) is -0.900. The third kappa shape index (κ3) is 4.32. The molecule has 1 aromatic carbocycles. The Morgan fingerprint density at radius 1 is 1.13 bits per heavy atom. The van der Waals surface area contributed by atoms with Crippen LogP contribution in [0.1, 0.15) is 31.2 Å². The van der Waals surface area contributed by atoms with Gasteiger partial charge in [-0.2, -0.15) is 0 Å². The van der Waals surface area contributed by atoms with Crippen molar-refractivity contribution in [2.75, 3.05) is 13.1 Å². The molecule has 1 aromatic rings. The molecule has 1 saturated heterocycles. The normalized spacial score (nSPS) is 20.9. The highest BCUT2D eigenvalue weighted by molar-refractivity contribution is 5.85. The van der Waals surface area contributed by atoms with Gasteiger partial charge in [0.2, 0.25) is 5.91 Å². The van der Waals surface area contributed by atoms with Crippen LogP contribution in [0.25, 0.3) is 0 Å². The molecule has 1 aliphatic carbocycles. The van der Waals surface area contributed by atoms with E-state index < -0.39 is 12.0 Å². The molecule has 1 heterocycles. The summed E-state index contributed by atoms with van der Waals surface area (Å²) >= 11 is 0. The van der Waals surface area contributed by atoms with Gasteiger partial charge in [0, 0.05) is 12.5 Å². The minimum Gasteiger partial charge on any atom is -0.480 e. The van der Waals surface area contributed by atoms with E-state index in [2.05, 4.69) is 22.3 Å². The van der Waals surface area contributed by atoms with Crippen molar-refractivity contribution >= 4 is 11.9 Å². The van der Waals surface area contributed by atoms with Crippen LogP contribution in [0.5, 0.6) is 0 Å². The first-order valence-corrected chi connectivity index (χ1v) is 8.43. The molecule has 0 spiro atoms. The first kappa shape index (κ1) is 16.0. The van der Waals surface area contributed by atoms with E-state index >= 15 is 0 Å². The lowest BCUT2D eigenvalue weighted by Gasteiger charge is -2.31. The largest absolute Gasteiger partial charge is 0.480 e. The number of carboxylic acid groups (broad SMARTS) is 1. The lowest BCUT2D eigenvalue weighted by Crippen LogP contribution is -2.47. The monoisotopic (exact) mass is 316 g/mol. The highest BCUT2D eigenvalue weighted by atomic mass is 16.4. The lowest BCUT2D eigenvalue weighted by atomic mass is 9.95. The Kier molecular flexibility index (Phi) is 4.96. The molecular formula is C18H24N2O3. The molecule has 0 radical (unpaired) electrons. The van der Waals surface area contributed by atoms with Crippen molar-refractivity contribution in [1.29, 1.82) is 0 Å². The van der Waals surface area contributed by atoms with E-state index in [1.807, 2.05) is 18.2 Å². The highest BCUT2D eigenvalue weighted by Crippen LogP contribution is 2.33. The molecule has 0 bridgehead atoms. The smallest absolute Gasteiger partial charge is 0.326 e. The van der Waals surface area contributed by atoms with Gasteiger partial charge in [0.1, 0.15) is 6.04 Å². The number of rotatable bonds is 6. The van der Waals surface area contributed by atoms with Crippen LogP contribution in [0.4, 0.5) is 0 Å². The Balaban J connectivity index is 1.46. The highest BCUT2D eigenvalue weighted by Gasteiger charge is 2.38. The molecule has 1 saturated carbocycles. The van der Waals surface area contributed by atoms with Crippen LogP contribution < -0.4 is 5.32 Å². The Morgan fingerprint density at radius 2 is 1.78 bits per heavy atom. The van der Waals surface area contributed by atoms with E-state index in [1.54, 1.807) is 0 Å². The Hall–Kier alpha value is -1.88. The molecule has 0 aromatic heterocycles. The van der Waals surface area contributed by atoms with Gasteiger partial charge in [-0.1, -0.05) is 30.3 Å². The molecular weight excluding hydrogens is 292 g/mol. The topological polar surface area (TPSA) is 69.6 Å². The molecule has 3 rings (SSSR count). The van der Waals surface area contributed by atoms with E-state index in [9.17, 15) is 14.7 Å². The lowest BCUT2D eigenvalue weighted by molar-refractivity contribution is -0.143. The van der Waals surface area contributed by atoms with E-state index in [4.69, 9.17) is 0 Å². The number of amides is 1. The molecule has 1 atom stereocenters. The first-order valence-electron chi connectivity index (χ1n) is 8.43. The number of benzene rings is 1. The predicted octanol–water partition coefficient (Wildman–Crippen LogP) is 1.88. The molecule has 1 aliphatic heterocycles. The molecule has 2 N–H and O–H groups in total. The zero-order valence-electron chi connectivity index (χ0n) is 13.3. The second-order valence-corrected chi connectivity index (χ2v) is 6.70. The van der Waals surface area contributed by atoms with Crippen LogP contribution in [0, 0.1) is 11.8 Å². The molecule has 5 nitrogen and oxygen atoms in total. The van der Waals surface area contributed by atoms with Crippen molar-refractivity contribution in [3.05, 3.63) is 35.9 Å². The Bertz CT molecular complexity index is 549. The van der Waals surface area contributed by atoms with Gasteiger partial charge in [0.05, 0.1) is 0 Å². The molecule has 1 unspecified atom stereocenters. The third-order valence-electron chi connectivity index (χ3n) is 4.86. The summed E-state index contributed by atoms with van der Waals surface area (Å²) < 4.78 is 0. The Morgan fingerprint density at radius 3 is 2.35 bits per heavy atom. The van der Waals surface area contributed by atoms with E-state index in [0.29, 0.717) is 0 Å². The second-order valence-electron chi connectivity index (χ2n) is 6.70. The number of hydrogen-bond donors (Lipinski definition) is 2. The standard InChI is InChI=1S/C18H24N2O3/c21-17(19-16(18(22)23)14-6-7-14)15-8-10-20(11-9-15)12-13-4-2-1-3-5-13/h1-5,14-16H,6-12H2,(H,19,21)(H,22,23). The van der Waals surface area contributed by atoms with Crippen molar-refractivity contribution in [3.63, 3.8) is 0 Å². The molecule has 2 fully saturated rings. The Labute approximate surface area is 136 Å². The van der Waals surface area contributed by atoms with Crippen LogP contribution in [0.2, 0.25) is 0 Å². The van der Waals surface area contributed by atoms with Gasteiger partial charge in [-0.15, -0.1) is 0 Å². The summed E-state index contributed by atoms with van der Waals surface area (Å²) in [5, 5.41) is 12.0. The van der Waals surface area contributed by atoms with Crippen LogP contribution in [-0.2, 0) is 16.1 Å². The molecule has 124 valence electrons. The number of carbonyl (C=O) groups excluding carboxylic acids is 1. The summed E-state index contributed by atoms with van der Waals surface area (Å²) in [6.45, 7) is 2.68. The van der Waals surface area contributed by atoms with Gasteiger partial charge in [0.15, 0.2) is 0 Å². The number of piperidine rings is 1. The van der Waals surface area contributed by atoms with Gasteiger partial charge >= 0.3 is 5.97 Å². The van der Waals surface area contributed by atoms with E-state index in [1.165, 1.54) is 5.56 Å². The number of likely N-dealkylation sites (tertiary alicyclic amines) is 1. The van der Waals surface area contributed by atoms with E-state index in [0.717, 1.165) is 45.3 Å². The van der Waals surface area contributed by atoms with Gasteiger partial charge in [0.25, 0.3) is 0 Å². The number of carboxylic acids is 1. The molecule has 23 heavy (non-hydrogen) atoms. The fraction of sp³-hybridized carbons (Fsp3) is 0.556. The number of nitrogens with zero attached hydrogens (tertiary/aromatic N) is 1. The fourth-order valence-corrected chi connectivity index (χ4v) is 3.28. The molecule has 2 aliphatic rings. The fourth-order valence-electron chi connectivity index (χ4n) is 3.28. The molecule has 1 amide bonds. The van der Waals surface area contributed by atoms with Crippen molar-refractivity contribution in [3.8, 4) is 0 Å². The van der Waals surface area contributed by atoms with Gasteiger partial charge < -0.3 is 10.4 Å². The SMILES string of the molecule is O=C(NC(C(=O)O)C1CC1)C1CCN(Cc2ccccc2)CC1. The van der Waals surface area contributed by atoms with Crippen molar-refractivity contribution < 1.29 is 14.7 Å². The maximum absolute atomic E-state index is 12.3. The average molecular weight is 316 g/mol. The van der Waals surface area contributed by atoms with Crippen LogP contribution in [-0.4, -0.2) is 41.0 Å². The van der Waals surface area contributed by atoms with Crippen LogP contribution >= 0.6 is 0 Å². The van der Waals surface area contributed by atoms with Crippen molar-refractivity contribution in [2.24, 2.45) is 11.8 Å². The summed E-state index contributed by atoms with van der Waals surface area (Å²) in [5.41, 5.74) is 1.29. The quantitative estimate of drug-likeness (QED) is 0.841. The minimum absolute atomic E-state index is 0.0531. The van der Waals surface area contributed by atoms with E-state index in [-0.39, 0.29) is 17.7 Å². The van der Waals surface area contributed by atoms with Crippen LogP contribution in [0.15, 0.2) is 30.3 Å². The summed E-state index contributed by atoms with van der Waals surface area (Å²) in [7, 11) is 0. The minimum atomic E-state index is -0.901. The maximum atomic E-state index is 12.3. The summed E-state index contributed by atoms with van der Waals surface area (Å²) in [6, 6.07) is 9.64.